The molecule has 0 aliphatic carbocycles. The van der Waals surface area contributed by atoms with Crippen molar-refractivity contribution in [3.63, 3.8) is 0 Å². The molecular weight excluding hydrogens is 268 g/mol. The molecule has 20 heavy (non-hydrogen) atoms. The second-order valence-corrected chi connectivity index (χ2v) is 7.74. The van der Waals surface area contributed by atoms with Crippen molar-refractivity contribution < 1.29 is 0 Å². The van der Waals surface area contributed by atoms with Crippen LogP contribution in [0.15, 0.2) is 11.2 Å². The molecule has 5 heteroatoms. The largest absolute Gasteiger partial charge is 0.354 e. The minimum Gasteiger partial charge on any atom is -0.354 e. The Hall–Kier alpha value is -1.10. The van der Waals surface area contributed by atoms with Crippen molar-refractivity contribution in [2.45, 2.75) is 60.0 Å². The summed E-state index contributed by atoms with van der Waals surface area (Å²) in [6.45, 7) is 11.8. The zero-order valence-corrected chi connectivity index (χ0v) is 14.4. The second kappa shape index (κ2) is 7.62. The van der Waals surface area contributed by atoms with E-state index in [-0.39, 0.29) is 0 Å². The highest BCUT2D eigenvalue weighted by Crippen LogP contribution is 2.21. The summed E-state index contributed by atoms with van der Waals surface area (Å²) < 4.78 is 0. The lowest BCUT2D eigenvalue weighted by Crippen LogP contribution is -2.42. The molecule has 114 valence electrons. The molecule has 2 N–H and O–H groups in total. The van der Waals surface area contributed by atoms with Crippen LogP contribution in [-0.2, 0) is 6.54 Å². The molecule has 0 aromatic carbocycles. The lowest BCUT2D eigenvalue weighted by Gasteiger charge is -2.23. The van der Waals surface area contributed by atoms with E-state index in [0.29, 0.717) is 11.5 Å². The minimum absolute atomic E-state index is 0.382. The van der Waals surface area contributed by atoms with Gasteiger partial charge >= 0.3 is 0 Å². The van der Waals surface area contributed by atoms with E-state index in [0.717, 1.165) is 23.9 Å². The van der Waals surface area contributed by atoms with Gasteiger partial charge in [0.25, 0.3) is 0 Å². The van der Waals surface area contributed by atoms with Crippen LogP contribution in [0.25, 0.3) is 0 Å². The zero-order chi connectivity index (χ0) is 15.2. The fourth-order valence-corrected chi connectivity index (χ4v) is 2.54. The number of hydrogen-bond acceptors (Lipinski definition) is 3. The molecule has 0 spiro atoms. The summed E-state index contributed by atoms with van der Waals surface area (Å²) in [5.74, 6) is 0.859. The summed E-state index contributed by atoms with van der Waals surface area (Å²) in [5.41, 5.74) is 0.382. The molecule has 0 aliphatic rings. The Morgan fingerprint density at radius 3 is 2.65 bits per heavy atom. The molecular formula is C15H28N4S. The third-order valence-electron chi connectivity index (χ3n) is 3.03. The van der Waals surface area contributed by atoms with Gasteiger partial charge in [0.1, 0.15) is 0 Å². The van der Waals surface area contributed by atoms with Crippen molar-refractivity contribution in [1.82, 2.24) is 15.6 Å². The van der Waals surface area contributed by atoms with E-state index >= 15 is 0 Å². The van der Waals surface area contributed by atoms with Gasteiger partial charge in [0, 0.05) is 24.2 Å². The van der Waals surface area contributed by atoms with Crippen molar-refractivity contribution >= 4 is 17.3 Å². The Labute approximate surface area is 127 Å². The minimum atomic E-state index is 0.382. The first-order valence-corrected chi connectivity index (χ1v) is 8.00. The van der Waals surface area contributed by atoms with Crippen molar-refractivity contribution in [2.24, 2.45) is 10.4 Å². The first-order valence-electron chi connectivity index (χ1n) is 7.18. The standard InChI is InChI=1S/C15H28N4S/c1-11(7-8-15(3,4)5)19-14(16-6)18-10-13-9-17-12(2)20-13/h9,11H,7-8,10H2,1-6H3,(H2,16,18,19). The van der Waals surface area contributed by atoms with Crippen LogP contribution in [0.4, 0.5) is 0 Å². The highest BCUT2D eigenvalue weighted by atomic mass is 32.1. The van der Waals surface area contributed by atoms with E-state index in [1.165, 1.54) is 11.3 Å². The van der Waals surface area contributed by atoms with E-state index in [9.17, 15) is 0 Å². The van der Waals surface area contributed by atoms with E-state index in [1.54, 1.807) is 11.3 Å². The molecule has 0 amide bonds. The number of nitrogens with one attached hydrogen (secondary N) is 2. The third-order valence-corrected chi connectivity index (χ3v) is 3.95. The maximum Gasteiger partial charge on any atom is 0.191 e. The maximum atomic E-state index is 4.27. The Balaban J connectivity index is 2.36. The highest BCUT2D eigenvalue weighted by Gasteiger charge is 2.13. The van der Waals surface area contributed by atoms with Gasteiger partial charge in [0.05, 0.1) is 11.6 Å². The van der Waals surface area contributed by atoms with Crippen molar-refractivity contribution in [3.05, 3.63) is 16.1 Å². The number of aliphatic imine (C=N–C) groups is 1. The summed E-state index contributed by atoms with van der Waals surface area (Å²) in [6, 6.07) is 0.420. The molecule has 0 aliphatic heterocycles. The van der Waals surface area contributed by atoms with E-state index in [1.807, 2.05) is 20.2 Å². The Bertz CT molecular complexity index is 431. The molecule has 1 rings (SSSR count). The van der Waals surface area contributed by atoms with Gasteiger partial charge in [0.2, 0.25) is 0 Å². The van der Waals surface area contributed by atoms with Crippen LogP contribution in [0.3, 0.4) is 0 Å². The number of aromatic nitrogens is 1. The van der Waals surface area contributed by atoms with Crippen LogP contribution in [0, 0.1) is 12.3 Å². The fraction of sp³-hybridized carbons (Fsp3) is 0.733. The molecule has 0 radical (unpaired) electrons. The van der Waals surface area contributed by atoms with Gasteiger partial charge in [-0.25, -0.2) is 4.98 Å². The van der Waals surface area contributed by atoms with E-state index in [2.05, 4.69) is 48.3 Å². The van der Waals surface area contributed by atoms with Gasteiger partial charge in [-0.05, 0) is 32.1 Å². The van der Waals surface area contributed by atoms with Crippen LogP contribution >= 0.6 is 11.3 Å². The van der Waals surface area contributed by atoms with E-state index in [4.69, 9.17) is 0 Å². The highest BCUT2D eigenvalue weighted by molar-refractivity contribution is 7.11. The number of guanidine groups is 1. The summed E-state index contributed by atoms with van der Waals surface area (Å²) in [5, 5.41) is 7.88. The molecule has 1 unspecified atom stereocenters. The van der Waals surface area contributed by atoms with E-state index < -0.39 is 0 Å². The molecule has 1 atom stereocenters. The Kier molecular flexibility index (Phi) is 6.46. The molecule has 4 nitrogen and oxygen atoms in total. The van der Waals surface area contributed by atoms with Crippen molar-refractivity contribution in [3.8, 4) is 0 Å². The van der Waals surface area contributed by atoms with Crippen LogP contribution in [0.1, 0.15) is 50.4 Å². The molecule has 1 heterocycles. The van der Waals surface area contributed by atoms with Gasteiger partial charge in [0.15, 0.2) is 5.96 Å². The molecule has 0 fully saturated rings. The molecule has 1 aromatic heterocycles. The van der Waals surface area contributed by atoms with Crippen LogP contribution in [0.5, 0.6) is 0 Å². The lowest BCUT2D eigenvalue weighted by molar-refractivity contribution is 0.346. The normalized spacial score (nSPS) is 14.2. The molecule has 0 saturated carbocycles. The smallest absolute Gasteiger partial charge is 0.191 e. The van der Waals surface area contributed by atoms with Crippen LogP contribution < -0.4 is 10.6 Å². The quantitative estimate of drug-likeness (QED) is 0.647. The Morgan fingerprint density at radius 2 is 2.15 bits per heavy atom. The second-order valence-electron chi connectivity index (χ2n) is 6.42. The Morgan fingerprint density at radius 1 is 1.45 bits per heavy atom. The first-order chi connectivity index (χ1) is 9.30. The average Bonchev–Trinajstić information content (AvgIpc) is 2.77. The summed E-state index contributed by atoms with van der Waals surface area (Å²) in [4.78, 5) is 9.76. The third kappa shape index (κ3) is 6.89. The fourth-order valence-electron chi connectivity index (χ4n) is 1.81. The topological polar surface area (TPSA) is 49.3 Å². The molecule has 0 saturated heterocycles. The van der Waals surface area contributed by atoms with Crippen molar-refractivity contribution in [2.75, 3.05) is 7.05 Å². The number of rotatable bonds is 5. The predicted octanol–water partition coefficient (Wildman–Crippen LogP) is 3.33. The summed E-state index contributed by atoms with van der Waals surface area (Å²) in [6.07, 6.45) is 4.26. The van der Waals surface area contributed by atoms with Gasteiger partial charge in [-0.3, -0.25) is 4.99 Å². The maximum absolute atomic E-state index is 4.27. The van der Waals surface area contributed by atoms with Crippen LogP contribution in [-0.4, -0.2) is 24.0 Å². The molecule has 1 aromatic rings. The van der Waals surface area contributed by atoms with Gasteiger partial charge in [-0.15, -0.1) is 11.3 Å². The SMILES string of the molecule is CN=C(NCc1cnc(C)s1)NC(C)CCC(C)(C)C. The van der Waals surface area contributed by atoms with Crippen molar-refractivity contribution in [1.29, 1.82) is 0 Å². The number of thiazole rings is 1. The first kappa shape index (κ1) is 17.0. The summed E-state index contributed by atoms with van der Waals surface area (Å²) in [7, 11) is 1.81. The monoisotopic (exact) mass is 296 g/mol. The zero-order valence-electron chi connectivity index (χ0n) is 13.6. The number of aryl methyl sites for hydroxylation is 1. The van der Waals surface area contributed by atoms with Gasteiger partial charge < -0.3 is 10.6 Å². The molecule has 0 bridgehead atoms. The summed E-state index contributed by atoms with van der Waals surface area (Å²) >= 11 is 1.72. The number of hydrogen-bond donors (Lipinski definition) is 2. The average molecular weight is 296 g/mol. The number of nitrogens with zero attached hydrogens (tertiary/aromatic N) is 2. The van der Waals surface area contributed by atoms with Gasteiger partial charge in [-0.1, -0.05) is 20.8 Å². The predicted molar refractivity (Wildman–Crippen MR) is 88.3 cm³/mol. The van der Waals surface area contributed by atoms with Crippen LogP contribution in [0.2, 0.25) is 0 Å². The lowest BCUT2D eigenvalue weighted by atomic mass is 9.89. The van der Waals surface area contributed by atoms with Gasteiger partial charge in [-0.2, -0.15) is 0 Å².